The molecule has 0 saturated carbocycles. The summed E-state index contributed by atoms with van der Waals surface area (Å²) in [4.78, 5) is 0. The first kappa shape index (κ1) is 15.0. The molecular weight excluding hydrogens is 272 g/mol. The van der Waals surface area contributed by atoms with Crippen molar-refractivity contribution in [2.24, 2.45) is 5.73 Å². The summed E-state index contributed by atoms with van der Waals surface area (Å²) >= 11 is 6.09. The summed E-state index contributed by atoms with van der Waals surface area (Å²) in [5.41, 5.74) is 9.38. The van der Waals surface area contributed by atoms with E-state index < -0.39 is 0 Å². The van der Waals surface area contributed by atoms with Gasteiger partial charge in [-0.15, -0.1) is 12.4 Å². The van der Waals surface area contributed by atoms with Gasteiger partial charge in [-0.3, -0.25) is 0 Å². The number of rotatable bonds is 2. The normalized spacial score (nSPS) is 10.0. The van der Waals surface area contributed by atoms with Gasteiger partial charge in [-0.25, -0.2) is 4.39 Å². The van der Waals surface area contributed by atoms with Crippen LogP contribution in [0.2, 0.25) is 5.02 Å². The molecule has 0 aliphatic heterocycles. The number of hydrogen-bond acceptors (Lipinski definition) is 1. The van der Waals surface area contributed by atoms with Gasteiger partial charge in [-0.05, 0) is 36.2 Å². The minimum absolute atomic E-state index is 0. The number of nitrogens with two attached hydrogens (primary N) is 1. The van der Waals surface area contributed by atoms with Gasteiger partial charge in [0.15, 0.2) is 0 Å². The van der Waals surface area contributed by atoms with Crippen molar-refractivity contribution in [2.75, 3.05) is 0 Å². The van der Waals surface area contributed by atoms with Crippen molar-refractivity contribution in [1.29, 1.82) is 0 Å². The SMILES string of the molecule is Cc1ccc(-c2cc(F)ccc2Cl)c(CN)c1.Cl. The Labute approximate surface area is 117 Å². The topological polar surface area (TPSA) is 26.0 Å². The molecular formula is C14H14Cl2FN. The van der Waals surface area contributed by atoms with Gasteiger partial charge in [-0.2, -0.15) is 0 Å². The number of benzene rings is 2. The molecule has 0 aliphatic carbocycles. The maximum Gasteiger partial charge on any atom is 0.123 e. The van der Waals surface area contributed by atoms with Crippen LogP contribution < -0.4 is 5.73 Å². The smallest absolute Gasteiger partial charge is 0.123 e. The summed E-state index contributed by atoms with van der Waals surface area (Å²) in [7, 11) is 0. The van der Waals surface area contributed by atoms with Crippen molar-refractivity contribution in [2.45, 2.75) is 13.5 Å². The fourth-order valence-corrected chi connectivity index (χ4v) is 2.08. The molecule has 4 heteroatoms. The van der Waals surface area contributed by atoms with Crippen LogP contribution in [0.5, 0.6) is 0 Å². The average Bonchev–Trinajstić information content (AvgIpc) is 2.32. The molecule has 1 nitrogen and oxygen atoms in total. The molecule has 0 amide bonds. The van der Waals surface area contributed by atoms with E-state index in [1.807, 2.05) is 25.1 Å². The van der Waals surface area contributed by atoms with Crippen LogP contribution in [0.1, 0.15) is 11.1 Å². The Morgan fingerprint density at radius 1 is 1.11 bits per heavy atom. The van der Waals surface area contributed by atoms with E-state index in [0.29, 0.717) is 17.1 Å². The predicted molar refractivity (Wildman–Crippen MR) is 76.7 cm³/mol. The van der Waals surface area contributed by atoms with E-state index in [4.69, 9.17) is 17.3 Å². The molecule has 0 aliphatic rings. The lowest BCUT2D eigenvalue weighted by molar-refractivity contribution is 0.628. The van der Waals surface area contributed by atoms with Crippen molar-refractivity contribution in [3.8, 4) is 11.1 Å². The fourth-order valence-electron chi connectivity index (χ4n) is 1.86. The van der Waals surface area contributed by atoms with Crippen molar-refractivity contribution >= 4 is 24.0 Å². The van der Waals surface area contributed by atoms with Gasteiger partial charge in [0.2, 0.25) is 0 Å². The third-order valence-corrected chi connectivity index (χ3v) is 3.03. The fraction of sp³-hybridized carbons (Fsp3) is 0.143. The Hall–Kier alpha value is -1.09. The number of hydrogen-bond donors (Lipinski definition) is 1. The van der Waals surface area contributed by atoms with Crippen molar-refractivity contribution < 1.29 is 4.39 Å². The van der Waals surface area contributed by atoms with Crippen molar-refractivity contribution in [1.82, 2.24) is 0 Å². The number of aryl methyl sites for hydroxylation is 1. The van der Waals surface area contributed by atoms with E-state index >= 15 is 0 Å². The predicted octanol–water partition coefficient (Wildman–Crippen LogP) is 4.34. The van der Waals surface area contributed by atoms with Crippen LogP contribution in [-0.4, -0.2) is 0 Å². The van der Waals surface area contributed by atoms with E-state index in [1.165, 1.54) is 12.1 Å². The van der Waals surface area contributed by atoms with E-state index in [1.54, 1.807) is 6.07 Å². The highest BCUT2D eigenvalue weighted by atomic mass is 35.5. The molecule has 2 aromatic carbocycles. The lowest BCUT2D eigenvalue weighted by Gasteiger charge is -2.11. The Bertz CT molecular complexity index is 555. The summed E-state index contributed by atoms with van der Waals surface area (Å²) in [6.45, 7) is 2.40. The molecule has 0 saturated heterocycles. The third-order valence-electron chi connectivity index (χ3n) is 2.70. The summed E-state index contributed by atoms with van der Waals surface area (Å²) in [5.74, 6) is -0.298. The molecule has 0 atom stereocenters. The summed E-state index contributed by atoms with van der Waals surface area (Å²) < 4.78 is 13.3. The third kappa shape index (κ3) is 3.02. The van der Waals surface area contributed by atoms with E-state index in [-0.39, 0.29) is 18.2 Å². The van der Waals surface area contributed by atoms with Crippen molar-refractivity contribution in [3.05, 3.63) is 58.4 Å². The average molecular weight is 286 g/mol. The second-order valence-electron chi connectivity index (χ2n) is 3.99. The van der Waals surface area contributed by atoms with E-state index in [0.717, 1.165) is 16.7 Å². The quantitative estimate of drug-likeness (QED) is 0.873. The molecule has 2 rings (SSSR count). The zero-order chi connectivity index (χ0) is 12.4. The summed E-state index contributed by atoms with van der Waals surface area (Å²) in [5, 5.41) is 0.532. The van der Waals surface area contributed by atoms with Gasteiger partial charge in [0.1, 0.15) is 5.82 Å². The zero-order valence-electron chi connectivity index (χ0n) is 9.91. The van der Waals surface area contributed by atoms with Crippen LogP contribution in [0.25, 0.3) is 11.1 Å². The molecule has 2 N–H and O–H groups in total. The monoisotopic (exact) mass is 285 g/mol. The molecule has 0 radical (unpaired) electrons. The Morgan fingerprint density at radius 3 is 2.50 bits per heavy atom. The Kier molecular flexibility index (Phi) is 5.15. The highest BCUT2D eigenvalue weighted by Gasteiger charge is 2.09. The molecule has 0 aromatic heterocycles. The standard InChI is InChI=1S/C14H13ClFN.ClH/c1-9-2-4-12(10(6-9)8-17)13-7-11(16)3-5-14(13)15;/h2-7H,8,17H2,1H3;1H. The minimum Gasteiger partial charge on any atom is -0.326 e. The molecule has 0 fully saturated rings. The van der Waals surface area contributed by atoms with Crippen LogP contribution in [0.3, 0.4) is 0 Å². The summed E-state index contributed by atoms with van der Waals surface area (Å²) in [6.07, 6.45) is 0. The minimum atomic E-state index is -0.298. The lowest BCUT2D eigenvalue weighted by atomic mass is 9.97. The van der Waals surface area contributed by atoms with Gasteiger partial charge in [0, 0.05) is 17.1 Å². The van der Waals surface area contributed by atoms with Gasteiger partial charge in [0.25, 0.3) is 0 Å². The zero-order valence-corrected chi connectivity index (χ0v) is 11.5. The van der Waals surface area contributed by atoms with Crippen LogP contribution >= 0.6 is 24.0 Å². The van der Waals surface area contributed by atoms with Gasteiger partial charge in [0.05, 0.1) is 0 Å². The maximum absolute atomic E-state index is 13.3. The molecule has 18 heavy (non-hydrogen) atoms. The van der Waals surface area contributed by atoms with E-state index in [9.17, 15) is 4.39 Å². The maximum atomic E-state index is 13.3. The van der Waals surface area contributed by atoms with Gasteiger partial charge >= 0.3 is 0 Å². The first-order valence-electron chi connectivity index (χ1n) is 5.37. The van der Waals surface area contributed by atoms with Crippen LogP contribution in [0.15, 0.2) is 36.4 Å². The molecule has 0 spiro atoms. The second kappa shape index (κ2) is 6.19. The molecule has 0 heterocycles. The molecule has 96 valence electrons. The lowest BCUT2D eigenvalue weighted by Crippen LogP contribution is -2.00. The van der Waals surface area contributed by atoms with Gasteiger partial charge < -0.3 is 5.73 Å². The molecule has 0 unspecified atom stereocenters. The van der Waals surface area contributed by atoms with Crippen LogP contribution in [0.4, 0.5) is 4.39 Å². The molecule has 2 aromatic rings. The van der Waals surface area contributed by atoms with E-state index in [2.05, 4.69) is 0 Å². The first-order chi connectivity index (χ1) is 8.11. The van der Waals surface area contributed by atoms with Gasteiger partial charge in [-0.1, -0.05) is 35.4 Å². The Morgan fingerprint density at radius 2 is 1.83 bits per heavy atom. The van der Waals surface area contributed by atoms with Crippen molar-refractivity contribution in [3.63, 3.8) is 0 Å². The van der Waals surface area contributed by atoms with Crippen LogP contribution in [0, 0.1) is 12.7 Å². The highest BCUT2D eigenvalue weighted by Crippen LogP contribution is 2.31. The summed E-state index contributed by atoms with van der Waals surface area (Å²) in [6, 6.07) is 10.2. The molecule has 0 bridgehead atoms. The van der Waals surface area contributed by atoms with Crippen LogP contribution in [-0.2, 0) is 6.54 Å². The first-order valence-corrected chi connectivity index (χ1v) is 5.74. The second-order valence-corrected chi connectivity index (χ2v) is 4.40. The Balaban J connectivity index is 0.00000162. The largest absolute Gasteiger partial charge is 0.326 e. The highest BCUT2D eigenvalue weighted by molar-refractivity contribution is 6.33. The number of halogens is 3.